The van der Waals surface area contributed by atoms with Crippen molar-refractivity contribution in [2.45, 2.75) is 80.2 Å². The van der Waals surface area contributed by atoms with Gasteiger partial charge in [-0.05, 0) is 50.3 Å². The maximum absolute atomic E-state index is 12.9. The molecule has 2 atom stereocenters. The van der Waals surface area contributed by atoms with E-state index in [-0.39, 0.29) is 42.2 Å². The highest BCUT2D eigenvalue weighted by Crippen LogP contribution is 2.67. The second kappa shape index (κ2) is 7.32. The molecule has 5 aliphatic rings. The summed E-state index contributed by atoms with van der Waals surface area (Å²) >= 11 is 5.98. The minimum absolute atomic E-state index is 0.148. The first-order valence-electron chi connectivity index (χ1n) is 11.2. The Balaban J connectivity index is 1.03. The van der Waals surface area contributed by atoms with Gasteiger partial charge in [0.15, 0.2) is 6.10 Å². The normalized spacial score (nSPS) is 35.8. The summed E-state index contributed by atoms with van der Waals surface area (Å²) in [6.45, 7) is 0. The van der Waals surface area contributed by atoms with Crippen molar-refractivity contribution in [1.29, 1.82) is 0 Å². The summed E-state index contributed by atoms with van der Waals surface area (Å²) in [5.74, 6) is 0.189. The number of carbonyl (C=O) groups is 1. The van der Waals surface area contributed by atoms with E-state index in [0.29, 0.717) is 16.3 Å². The molecule has 0 radical (unpaired) electrons. The maximum atomic E-state index is 12.9. The van der Waals surface area contributed by atoms with Crippen LogP contribution in [-0.4, -0.2) is 50.1 Å². The lowest BCUT2D eigenvalue weighted by Crippen LogP contribution is -2.77. The number of halogens is 4. The number of hydrogen-bond donors (Lipinski definition) is 2. The van der Waals surface area contributed by atoms with E-state index >= 15 is 0 Å². The van der Waals surface area contributed by atoms with Gasteiger partial charge in [-0.1, -0.05) is 11.6 Å². The largest absolute Gasteiger partial charge is 0.522 e. The summed E-state index contributed by atoms with van der Waals surface area (Å²) in [6.07, 6.45) is -2.67. The summed E-state index contributed by atoms with van der Waals surface area (Å²) in [5.41, 5.74) is 0.899. The van der Waals surface area contributed by atoms with Crippen LogP contribution in [0.1, 0.15) is 61.9 Å². The molecule has 1 aliphatic heterocycles. The van der Waals surface area contributed by atoms with Crippen LogP contribution >= 0.6 is 11.6 Å². The van der Waals surface area contributed by atoms with Crippen LogP contribution in [0.5, 0.6) is 5.75 Å². The van der Waals surface area contributed by atoms with Crippen molar-refractivity contribution in [2.75, 3.05) is 0 Å². The Hall–Kier alpha value is -2.37. The number of aliphatic hydroxyl groups is 1. The molecule has 4 fully saturated rings. The van der Waals surface area contributed by atoms with E-state index in [1.165, 1.54) is 4.80 Å². The van der Waals surface area contributed by atoms with Gasteiger partial charge in [0.05, 0.1) is 30.1 Å². The van der Waals surface area contributed by atoms with Gasteiger partial charge in [-0.2, -0.15) is 15.0 Å². The van der Waals surface area contributed by atoms with Crippen LogP contribution in [0.15, 0.2) is 24.4 Å². The standard InChI is InChI=1S/C22H22ClF3N4O4/c23-11-1-2-16-14(3-11)15(31)6-17(33-16)19(32)28-21-8-20(9-21,10-21)18-7-27-30(29-18)12-4-13(5-12)34-22(24,25)26/h1-3,7,12-13,15,17,31H,4-6,8-10H2,(H,28,32)/t12?,13?,15-,17+,20?,21?/m1/s1. The van der Waals surface area contributed by atoms with E-state index < -0.39 is 24.7 Å². The number of nitrogens with one attached hydrogen (secondary N) is 1. The number of ether oxygens (including phenoxy) is 2. The van der Waals surface area contributed by atoms with Gasteiger partial charge in [-0.25, -0.2) is 0 Å². The van der Waals surface area contributed by atoms with Crippen molar-refractivity contribution in [3.8, 4) is 5.75 Å². The third kappa shape index (κ3) is 3.64. The molecule has 0 unspecified atom stereocenters. The number of aromatic nitrogens is 3. The number of rotatable bonds is 5. The van der Waals surface area contributed by atoms with E-state index in [0.717, 1.165) is 25.0 Å². The third-order valence-corrected chi connectivity index (χ3v) is 7.73. The molecule has 2 bridgehead atoms. The first-order valence-corrected chi connectivity index (χ1v) is 11.5. The molecule has 1 aromatic carbocycles. The summed E-state index contributed by atoms with van der Waals surface area (Å²) < 4.78 is 46.8. The van der Waals surface area contributed by atoms with E-state index in [1.807, 2.05) is 0 Å². The van der Waals surface area contributed by atoms with Crippen LogP contribution in [0.4, 0.5) is 13.2 Å². The second-order valence-electron chi connectivity index (χ2n) is 9.98. The zero-order chi connectivity index (χ0) is 23.9. The molecule has 4 saturated carbocycles. The number of benzene rings is 1. The number of hydrogen-bond acceptors (Lipinski definition) is 6. The van der Waals surface area contributed by atoms with E-state index in [1.54, 1.807) is 24.4 Å². The number of carbonyl (C=O) groups excluding carboxylic acids is 1. The van der Waals surface area contributed by atoms with Crippen molar-refractivity contribution in [1.82, 2.24) is 20.3 Å². The molecule has 7 rings (SSSR count). The van der Waals surface area contributed by atoms with Crippen molar-refractivity contribution in [3.63, 3.8) is 0 Å². The van der Waals surface area contributed by atoms with Crippen molar-refractivity contribution >= 4 is 17.5 Å². The Labute approximate surface area is 197 Å². The van der Waals surface area contributed by atoms with Crippen LogP contribution in [0.25, 0.3) is 0 Å². The minimum Gasteiger partial charge on any atom is -0.480 e. The Morgan fingerprint density at radius 1 is 1.26 bits per heavy atom. The molecular formula is C22H22ClF3N4O4. The topological polar surface area (TPSA) is 98.5 Å². The zero-order valence-electron chi connectivity index (χ0n) is 17.9. The summed E-state index contributed by atoms with van der Waals surface area (Å²) in [7, 11) is 0. The van der Waals surface area contributed by atoms with Crippen LogP contribution in [-0.2, 0) is 14.9 Å². The smallest absolute Gasteiger partial charge is 0.480 e. The molecule has 2 aromatic rings. The van der Waals surface area contributed by atoms with E-state index in [4.69, 9.17) is 16.3 Å². The van der Waals surface area contributed by atoms with Gasteiger partial charge in [-0.3, -0.25) is 9.53 Å². The molecule has 0 spiro atoms. The molecule has 4 aliphatic carbocycles. The quantitative estimate of drug-likeness (QED) is 0.656. The average molecular weight is 499 g/mol. The summed E-state index contributed by atoms with van der Waals surface area (Å²) in [4.78, 5) is 14.4. The van der Waals surface area contributed by atoms with Gasteiger partial charge in [0, 0.05) is 28.0 Å². The Morgan fingerprint density at radius 2 is 2.00 bits per heavy atom. The Kier molecular flexibility index (Phi) is 4.76. The highest BCUT2D eigenvalue weighted by Gasteiger charge is 2.70. The molecule has 34 heavy (non-hydrogen) atoms. The molecule has 2 N–H and O–H groups in total. The van der Waals surface area contributed by atoms with Crippen LogP contribution < -0.4 is 10.1 Å². The van der Waals surface area contributed by atoms with Gasteiger partial charge in [0.2, 0.25) is 0 Å². The fraction of sp³-hybridized carbons (Fsp3) is 0.591. The highest BCUT2D eigenvalue weighted by atomic mass is 35.5. The second-order valence-corrected chi connectivity index (χ2v) is 10.4. The number of alkyl halides is 3. The molecule has 2 heterocycles. The van der Waals surface area contributed by atoms with Crippen LogP contribution in [0, 0.1) is 0 Å². The molecule has 182 valence electrons. The number of fused-ring (bicyclic) bond motifs is 1. The fourth-order valence-corrected chi connectivity index (χ4v) is 6.00. The lowest BCUT2D eigenvalue weighted by Gasteiger charge is -2.69. The predicted octanol–water partition coefficient (Wildman–Crippen LogP) is 3.35. The van der Waals surface area contributed by atoms with E-state index in [2.05, 4.69) is 20.3 Å². The summed E-state index contributed by atoms with van der Waals surface area (Å²) in [6, 6.07) is 4.74. The number of amides is 1. The number of nitrogens with zero attached hydrogens (tertiary/aromatic N) is 3. The molecular weight excluding hydrogens is 477 g/mol. The van der Waals surface area contributed by atoms with Crippen molar-refractivity contribution in [3.05, 3.63) is 40.7 Å². The molecule has 1 aromatic heterocycles. The predicted molar refractivity (Wildman–Crippen MR) is 111 cm³/mol. The Morgan fingerprint density at radius 3 is 2.71 bits per heavy atom. The lowest BCUT2D eigenvalue weighted by atomic mass is 9.38. The van der Waals surface area contributed by atoms with Crippen molar-refractivity contribution < 1.29 is 32.5 Å². The first kappa shape index (κ1) is 22.1. The molecule has 1 amide bonds. The molecule has 8 nitrogen and oxygen atoms in total. The first-order chi connectivity index (χ1) is 16.0. The minimum atomic E-state index is -4.62. The fourth-order valence-electron chi connectivity index (χ4n) is 5.82. The van der Waals surface area contributed by atoms with Gasteiger partial charge in [0.25, 0.3) is 5.91 Å². The lowest BCUT2D eigenvalue weighted by molar-refractivity contribution is -0.353. The van der Waals surface area contributed by atoms with Gasteiger partial charge >= 0.3 is 6.36 Å². The monoisotopic (exact) mass is 498 g/mol. The molecule has 12 heteroatoms. The van der Waals surface area contributed by atoms with Crippen molar-refractivity contribution in [2.24, 2.45) is 0 Å². The van der Waals surface area contributed by atoms with Gasteiger partial charge in [-0.15, -0.1) is 13.2 Å². The van der Waals surface area contributed by atoms with Crippen LogP contribution in [0.3, 0.4) is 0 Å². The third-order valence-electron chi connectivity index (χ3n) is 7.50. The zero-order valence-corrected chi connectivity index (χ0v) is 18.6. The van der Waals surface area contributed by atoms with Gasteiger partial charge in [0.1, 0.15) is 5.75 Å². The molecule has 0 saturated heterocycles. The maximum Gasteiger partial charge on any atom is 0.522 e. The van der Waals surface area contributed by atoms with E-state index in [9.17, 15) is 23.1 Å². The number of aliphatic hydroxyl groups excluding tert-OH is 1. The van der Waals surface area contributed by atoms with Crippen LogP contribution in [0.2, 0.25) is 5.02 Å². The SMILES string of the molecule is O=C(NC12CC(c3cnn(C4CC(OC(F)(F)F)C4)n3)(C1)C2)[C@@H]1C[C@@H](O)c2cc(Cl)ccc2O1. The average Bonchev–Trinajstić information content (AvgIpc) is 3.14. The van der Waals surface area contributed by atoms with Gasteiger partial charge < -0.3 is 15.2 Å². The highest BCUT2D eigenvalue weighted by molar-refractivity contribution is 6.30. The summed E-state index contributed by atoms with van der Waals surface area (Å²) in [5, 5.41) is 22.8. The Bertz CT molecular complexity index is 1130.